The van der Waals surface area contributed by atoms with Crippen LogP contribution < -0.4 is 5.32 Å². The maximum atomic E-state index is 12.7. The highest BCUT2D eigenvalue weighted by atomic mass is 16.2. The highest BCUT2D eigenvalue weighted by molar-refractivity contribution is 5.94. The number of carbonyl (C=O) groups is 1. The third-order valence-corrected chi connectivity index (χ3v) is 4.72. The number of hydrogen-bond acceptors (Lipinski definition) is 2. The van der Waals surface area contributed by atoms with Crippen LogP contribution in [0.25, 0.3) is 0 Å². The largest absolute Gasteiger partial charge is 0.338 e. The number of amides is 1. The number of hydrogen-bond donors (Lipinski definition) is 1. The van der Waals surface area contributed by atoms with E-state index in [-0.39, 0.29) is 5.91 Å². The number of rotatable bonds is 2. The van der Waals surface area contributed by atoms with Gasteiger partial charge in [-0.1, -0.05) is 19.4 Å². The van der Waals surface area contributed by atoms with Gasteiger partial charge in [0, 0.05) is 25.2 Å². The first-order valence-corrected chi connectivity index (χ1v) is 7.89. The van der Waals surface area contributed by atoms with Crippen molar-refractivity contribution in [1.82, 2.24) is 10.2 Å². The summed E-state index contributed by atoms with van der Waals surface area (Å²) in [4.78, 5) is 14.7. The van der Waals surface area contributed by atoms with Crippen LogP contribution in [0.5, 0.6) is 0 Å². The minimum Gasteiger partial charge on any atom is -0.338 e. The molecular weight excluding hydrogens is 248 g/mol. The first kappa shape index (κ1) is 13.6. The van der Waals surface area contributed by atoms with E-state index in [1.807, 2.05) is 6.07 Å². The SMILES string of the molecule is CCC1CCCN(C(=O)c2ccc3c(c2)CNCC3)C1. The van der Waals surface area contributed by atoms with Gasteiger partial charge in [-0.2, -0.15) is 0 Å². The minimum atomic E-state index is 0.219. The monoisotopic (exact) mass is 272 g/mol. The van der Waals surface area contributed by atoms with Crippen LogP contribution in [0.4, 0.5) is 0 Å². The normalized spacial score (nSPS) is 22.4. The minimum absolute atomic E-state index is 0.219. The van der Waals surface area contributed by atoms with E-state index in [0.29, 0.717) is 5.92 Å². The maximum Gasteiger partial charge on any atom is 0.253 e. The topological polar surface area (TPSA) is 32.3 Å². The van der Waals surface area contributed by atoms with Gasteiger partial charge in [-0.05, 0) is 55.0 Å². The Morgan fingerprint density at radius 3 is 3.15 bits per heavy atom. The maximum absolute atomic E-state index is 12.7. The van der Waals surface area contributed by atoms with Crippen molar-refractivity contribution in [3.8, 4) is 0 Å². The molecule has 1 saturated heterocycles. The standard InChI is InChI=1S/C17H24N2O/c1-2-13-4-3-9-19(12-13)17(20)15-6-5-14-7-8-18-11-16(14)10-15/h5-6,10,13,18H,2-4,7-9,11-12H2,1H3. The van der Waals surface area contributed by atoms with Crippen molar-refractivity contribution in [3.63, 3.8) is 0 Å². The second-order valence-electron chi connectivity index (χ2n) is 6.08. The summed E-state index contributed by atoms with van der Waals surface area (Å²) < 4.78 is 0. The average Bonchev–Trinajstić information content (AvgIpc) is 2.53. The smallest absolute Gasteiger partial charge is 0.253 e. The van der Waals surface area contributed by atoms with Crippen molar-refractivity contribution in [2.45, 2.75) is 39.2 Å². The molecule has 0 saturated carbocycles. The summed E-state index contributed by atoms with van der Waals surface area (Å²) in [5, 5.41) is 3.38. The van der Waals surface area contributed by atoms with E-state index in [0.717, 1.165) is 44.6 Å². The lowest BCUT2D eigenvalue weighted by atomic mass is 9.94. The molecule has 3 heteroatoms. The summed E-state index contributed by atoms with van der Waals surface area (Å²) in [6.07, 6.45) is 4.68. The van der Waals surface area contributed by atoms with Gasteiger partial charge in [0.05, 0.1) is 0 Å². The van der Waals surface area contributed by atoms with Crippen molar-refractivity contribution in [1.29, 1.82) is 0 Å². The highest BCUT2D eigenvalue weighted by Crippen LogP contribution is 2.22. The molecule has 0 aliphatic carbocycles. The van der Waals surface area contributed by atoms with E-state index in [1.54, 1.807) is 0 Å². The van der Waals surface area contributed by atoms with Crippen LogP contribution in [-0.2, 0) is 13.0 Å². The van der Waals surface area contributed by atoms with Crippen molar-refractivity contribution in [3.05, 3.63) is 34.9 Å². The van der Waals surface area contributed by atoms with Crippen LogP contribution in [0, 0.1) is 5.92 Å². The zero-order chi connectivity index (χ0) is 13.9. The zero-order valence-corrected chi connectivity index (χ0v) is 12.3. The van der Waals surface area contributed by atoms with Gasteiger partial charge in [-0.15, -0.1) is 0 Å². The van der Waals surface area contributed by atoms with Crippen LogP contribution in [0.15, 0.2) is 18.2 Å². The lowest BCUT2D eigenvalue weighted by Gasteiger charge is -2.32. The molecule has 2 heterocycles. The fourth-order valence-electron chi connectivity index (χ4n) is 3.38. The van der Waals surface area contributed by atoms with Crippen LogP contribution in [0.2, 0.25) is 0 Å². The summed E-state index contributed by atoms with van der Waals surface area (Å²) in [6.45, 7) is 6.02. The van der Waals surface area contributed by atoms with Crippen molar-refractivity contribution in [2.24, 2.45) is 5.92 Å². The molecule has 3 nitrogen and oxygen atoms in total. The zero-order valence-electron chi connectivity index (χ0n) is 12.3. The van der Waals surface area contributed by atoms with Gasteiger partial charge >= 0.3 is 0 Å². The molecule has 1 unspecified atom stereocenters. The van der Waals surface area contributed by atoms with E-state index in [9.17, 15) is 4.79 Å². The summed E-state index contributed by atoms with van der Waals surface area (Å²) >= 11 is 0. The highest BCUT2D eigenvalue weighted by Gasteiger charge is 2.24. The molecule has 20 heavy (non-hydrogen) atoms. The molecule has 1 atom stereocenters. The Bertz CT molecular complexity index is 498. The van der Waals surface area contributed by atoms with Crippen LogP contribution in [0.3, 0.4) is 0 Å². The van der Waals surface area contributed by atoms with Gasteiger partial charge in [0.2, 0.25) is 0 Å². The molecule has 1 aromatic carbocycles. The average molecular weight is 272 g/mol. The number of benzene rings is 1. The molecule has 2 aliphatic rings. The molecular formula is C17H24N2O. The molecule has 1 aromatic rings. The predicted molar refractivity (Wildman–Crippen MR) is 80.8 cm³/mol. The molecule has 0 radical (unpaired) electrons. The van der Waals surface area contributed by atoms with Crippen molar-refractivity contribution < 1.29 is 4.79 Å². The van der Waals surface area contributed by atoms with Gasteiger partial charge in [-0.3, -0.25) is 4.79 Å². The van der Waals surface area contributed by atoms with Gasteiger partial charge in [0.15, 0.2) is 0 Å². The Balaban J connectivity index is 1.76. The number of fused-ring (bicyclic) bond motifs is 1. The van der Waals surface area contributed by atoms with Gasteiger partial charge in [0.1, 0.15) is 0 Å². The fraction of sp³-hybridized carbons (Fsp3) is 0.588. The molecule has 1 fully saturated rings. The van der Waals surface area contributed by atoms with E-state index in [4.69, 9.17) is 0 Å². The molecule has 0 spiro atoms. The second-order valence-corrected chi connectivity index (χ2v) is 6.08. The quantitative estimate of drug-likeness (QED) is 0.897. The fourth-order valence-corrected chi connectivity index (χ4v) is 3.38. The Morgan fingerprint density at radius 1 is 1.40 bits per heavy atom. The molecule has 1 amide bonds. The predicted octanol–water partition coefficient (Wildman–Crippen LogP) is 2.59. The van der Waals surface area contributed by atoms with E-state index in [1.165, 1.54) is 24.0 Å². The van der Waals surface area contributed by atoms with Crippen molar-refractivity contribution in [2.75, 3.05) is 19.6 Å². The number of likely N-dealkylation sites (tertiary alicyclic amines) is 1. The van der Waals surface area contributed by atoms with E-state index < -0.39 is 0 Å². The third kappa shape index (κ3) is 2.73. The summed E-state index contributed by atoms with van der Waals surface area (Å²) in [5.41, 5.74) is 3.56. The van der Waals surface area contributed by atoms with Crippen LogP contribution >= 0.6 is 0 Å². The molecule has 0 aromatic heterocycles. The molecule has 0 bridgehead atoms. The third-order valence-electron chi connectivity index (χ3n) is 4.72. The molecule has 1 N–H and O–H groups in total. The number of nitrogens with one attached hydrogen (secondary N) is 1. The first-order chi connectivity index (χ1) is 9.78. The van der Waals surface area contributed by atoms with Crippen LogP contribution in [-0.4, -0.2) is 30.4 Å². The number of carbonyl (C=O) groups excluding carboxylic acids is 1. The summed E-state index contributed by atoms with van der Waals surface area (Å²) in [7, 11) is 0. The summed E-state index contributed by atoms with van der Waals surface area (Å²) in [5.74, 6) is 0.906. The second kappa shape index (κ2) is 5.96. The van der Waals surface area contributed by atoms with Gasteiger partial charge < -0.3 is 10.2 Å². The van der Waals surface area contributed by atoms with Crippen LogP contribution in [0.1, 0.15) is 47.7 Å². The number of nitrogens with zero attached hydrogens (tertiary/aromatic N) is 1. The Morgan fingerprint density at radius 2 is 2.30 bits per heavy atom. The Kier molecular flexibility index (Phi) is 4.06. The van der Waals surface area contributed by atoms with Gasteiger partial charge in [0.25, 0.3) is 5.91 Å². The lowest BCUT2D eigenvalue weighted by Crippen LogP contribution is -2.39. The molecule has 108 valence electrons. The van der Waals surface area contributed by atoms with Gasteiger partial charge in [-0.25, -0.2) is 0 Å². The van der Waals surface area contributed by atoms with E-state index >= 15 is 0 Å². The van der Waals surface area contributed by atoms with E-state index in [2.05, 4.69) is 29.3 Å². The van der Waals surface area contributed by atoms with Crippen molar-refractivity contribution >= 4 is 5.91 Å². The number of piperidine rings is 1. The first-order valence-electron chi connectivity index (χ1n) is 7.89. The lowest BCUT2D eigenvalue weighted by molar-refractivity contribution is 0.0671. The summed E-state index contributed by atoms with van der Waals surface area (Å²) in [6, 6.07) is 6.26. The Labute approximate surface area is 121 Å². The molecule has 3 rings (SSSR count). The molecule has 2 aliphatic heterocycles. The Hall–Kier alpha value is -1.35.